The second-order valence-corrected chi connectivity index (χ2v) is 4.22. The second kappa shape index (κ2) is 4.47. The third kappa shape index (κ3) is 2.13. The molecular weight excluding hydrogens is 208 g/mol. The van der Waals surface area contributed by atoms with Gasteiger partial charge in [-0.2, -0.15) is 5.10 Å². The molecule has 1 N–H and O–H groups in total. The number of hydrogen-bond acceptors (Lipinski definition) is 3. The average molecular weight is 222 g/mol. The van der Waals surface area contributed by atoms with E-state index in [9.17, 15) is 9.59 Å². The van der Waals surface area contributed by atoms with E-state index in [1.807, 2.05) is 0 Å². The first-order valence-electron chi connectivity index (χ1n) is 5.43. The van der Waals surface area contributed by atoms with Crippen LogP contribution in [-0.4, -0.2) is 27.1 Å². The Labute approximate surface area is 93.1 Å². The normalized spacial score (nSPS) is 25.2. The molecule has 5 heteroatoms. The molecule has 0 aromatic carbocycles. The fourth-order valence-electron chi connectivity index (χ4n) is 2.20. The van der Waals surface area contributed by atoms with Crippen LogP contribution in [0.25, 0.3) is 0 Å². The zero-order chi connectivity index (χ0) is 11.5. The predicted octanol–water partition coefficient (Wildman–Crippen LogP) is 1.51. The van der Waals surface area contributed by atoms with Crippen molar-refractivity contribution in [3.05, 3.63) is 18.0 Å². The fraction of sp³-hybridized carbons (Fsp3) is 0.545. The summed E-state index contributed by atoms with van der Waals surface area (Å²) in [6.45, 7) is 0. The van der Waals surface area contributed by atoms with Crippen molar-refractivity contribution in [3.8, 4) is 0 Å². The van der Waals surface area contributed by atoms with E-state index in [1.54, 1.807) is 10.9 Å². The predicted molar refractivity (Wildman–Crippen MR) is 56.2 cm³/mol. The van der Waals surface area contributed by atoms with Crippen LogP contribution < -0.4 is 0 Å². The minimum atomic E-state index is -0.701. The number of carbonyl (C=O) groups is 2. The van der Waals surface area contributed by atoms with Crippen LogP contribution in [0, 0.1) is 5.92 Å². The van der Waals surface area contributed by atoms with Crippen LogP contribution in [0.4, 0.5) is 0 Å². The maximum Gasteiger partial charge on any atom is 0.306 e. The topological polar surface area (TPSA) is 72.2 Å². The van der Waals surface area contributed by atoms with Crippen LogP contribution in [0.1, 0.15) is 42.1 Å². The van der Waals surface area contributed by atoms with E-state index in [0.717, 1.165) is 19.1 Å². The number of carboxylic acid groups (broad SMARTS) is 1. The summed E-state index contributed by atoms with van der Waals surface area (Å²) in [6.07, 6.45) is 7.04. The fourth-order valence-corrected chi connectivity index (χ4v) is 2.20. The van der Waals surface area contributed by atoms with E-state index >= 15 is 0 Å². The van der Waals surface area contributed by atoms with Gasteiger partial charge in [0.1, 0.15) is 0 Å². The highest BCUT2D eigenvalue weighted by Gasteiger charge is 2.26. The molecule has 0 atom stereocenters. The molecule has 1 saturated carbocycles. The Balaban J connectivity index is 1.98. The summed E-state index contributed by atoms with van der Waals surface area (Å²) in [4.78, 5) is 21.3. The van der Waals surface area contributed by atoms with Gasteiger partial charge in [0, 0.05) is 6.20 Å². The molecule has 0 amide bonds. The zero-order valence-electron chi connectivity index (χ0n) is 8.87. The van der Waals surface area contributed by atoms with Crippen LogP contribution in [0.5, 0.6) is 0 Å². The van der Waals surface area contributed by atoms with Gasteiger partial charge in [0.25, 0.3) is 0 Å². The van der Waals surface area contributed by atoms with Crippen molar-refractivity contribution >= 4 is 12.3 Å². The molecule has 16 heavy (non-hydrogen) atoms. The SMILES string of the molecule is O=Cc1cnn(C2CCC(C(=O)O)CC2)c1. The third-order valence-corrected chi connectivity index (χ3v) is 3.18. The van der Waals surface area contributed by atoms with Crippen molar-refractivity contribution in [1.29, 1.82) is 0 Å². The first kappa shape index (κ1) is 10.9. The van der Waals surface area contributed by atoms with E-state index in [1.165, 1.54) is 6.20 Å². The van der Waals surface area contributed by atoms with Crippen molar-refractivity contribution < 1.29 is 14.7 Å². The maximum atomic E-state index is 10.8. The summed E-state index contributed by atoms with van der Waals surface area (Å²) in [6, 6.07) is 0.240. The molecule has 1 aliphatic rings. The highest BCUT2D eigenvalue weighted by Crippen LogP contribution is 2.31. The lowest BCUT2D eigenvalue weighted by molar-refractivity contribution is -0.143. The summed E-state index contributed by atoms with van der Waals surface area (Å²) in [5.41, 5.74) is 0.570. The molecule has 0 spiro atoms. The van der Waals surface area contributed by atoms with E-state index in [0.29, 0.717) is 18.4 Å². The van der Waals surface area contributed by atoms with Crippen molar-refractivity contribution in [1.82, 2.24) is 9.78 Å². The van der Waals surface area contributed by atoms with Crippen molar-refractivity contribution in [2.75, 3.05) is 0 Å². The highest BCUT2D eigenvalue weighted by atomic mass is 16.4. The van der Waals surface area contributed by atoms with Crippen LogP contribution in [-0.2, 0) is 4.79 Å². The number of nitrogens with zero attached hydrogens (tertiary/aromatic N) is 2. The van der Waals surface area contributed by atoms with Gasteiger partial charge in [0.05, 0.1) is 23.7 Å². The van der Waals surface area contributed by atoms with Crippen molar-refractivity contribution in [2.45, 2.75) is 31.7 Å². The third-order valence-electron chi connectivity index (χ3n) is 3.18. The number of aliphatic carboxylic acids is 1. The number of carbonyl (C=O) groups excluding carboxylic acids is 1. The van der Waals surface area contributed by atoms with Crippen LogP contribution in [0.3, 0.4) is 0 Å². The summed E-state index contributed by atoms with van der Waals surface area (Å²) >= 11 is 0. The monoisotopic (exact) mass is 222 g/mol. The molecule has 0 saturated heterocycles. The lowest BCUT2D eigenvalue weighted by Crippen LogP contribution is -2.23. The molecular formula is C11H14N2O3. The maximum absolute atomic E-state index is 10.8. The largest absolute Gasteiger partial charge is 0.481 e. The Bertz CT molecular complexity index is 392. The summed E-state index contributed by atoms with van der Waals surface area (Å²) in [5, 5.41) is 13.0. The number of hydrogen-bond donors (Lipinski definition) is 1. The smallest absolute Gasteiger partial charge is 0.306 e. The Morgan fingerprint density at radius 2 is 2.12 bits per heavy atom. The van der Waals surface area contributed by atoms with Gasteiger partial charge in [0.2, 0.25) is 0 Å². The Hall–Kier alpha value is -1.65. The Morgan fingerprint density at radius 1 is 1.44 bits per heavy atom. The molecule has 1 aromatic heterocycles. The van der Waals surface area contributed by atoms with E-state index in [4.69, 9.17) is 5.11 Å². The molecule has 0 unspecified atom stereocenters. The van der Waals surface area contributed by atoms with Gasteiger partial charge >= 0.3 is 5.97 Å². The molecule has 86 valence electrons. The first-order valence-corrected chi connectivity index (χ1v) is 5.43. The Morgan fingerprint density at radius 3 is 2.62 bits per heavy atom. The standard InChI is InChI=1S/C11H14N2O3/c14-7-8-5-12-13(6-8)10-3-1-9(2-4-10)11(15)16/h5-7,9-10H,1-4H2,(H,15,16). The van der Waals surface area contributed by atoms with Crippen molar-refractivity contribution in [2.24, 2.45) is 5.92 Å². The van der Waals surface area contributed by atoms with Gasteiger partial charge in [-0.25, -0.2) is 0 Å². The van der Waals surface area contributed by atoms with Gasteiger partial charge in [-0.05, 0) is 25.7 Å². The second-order valence-electron chi connectivity index (χ2n) is 4.22. The zero-order valence-corrected chi connectivity index (χ0v) is 8.87. The van der Waals surface area contributed by atoms with Gasteiger partial charge in [-0.3, -0.25) is 14.3 Å². The molecule has 1 aliphatic carbocycles. The Kier molecular flexibility index (Phi) is 3.03. The lowest BCUT2D eigenvalue weighted by atomic mass is 9.86. The summed E-state index contributed by atoms with van der Waals surface area (Å²) < 4.78 is 1.78. The average Bonchev–Trinajstić information content (AvgIpc) is 2.77. The van der Waals surface area contributed by atoms with Crippen LogP contribution >= 0.6 is 0 Å². The molecule has 5 nitrogen and oxygen atoms in total. The molecule has 1 fully saturated rings. The number of aldehydes is 1. The molecule has 1 heterocycles. The molecule has 0 bridgehead atoms. The lowest BCUT2D eigenvalue weighted by Gasteiger charge is -2.26. The molecule has 0 radical (unpaired) electrons. The summed E-state index contributed by atoms with van der Waals surface area (Å²) in [7, 11) is 0. The minimum absolute atomic E-state index is 0.211. The van der Waals surface area contributed by atoms with Gasteiger partial charge in [-0.15, -0.1) is 0 Å². The number of rotatable bonds is 3. The molecule has 2 rings (SSSR count). The quantitative estimate of drug-likeness (QED) is 0.787. The van der Waals surface area contributed by atoms with Crippen molar-refractivity contribution in [3.63, 3.8) is 0 Å². The minimum Gasteiger partial charge on any atom is -0.481 e. The number of carboxylic acids is 1. The van der Waals surface area contributed by atoms with E-state index < -0.39 is 5.97 Å². The molecule has 0 aliphatic heterocycles. The van der Waals surface area contributed by atoms with Gasteiger partial charge in [-0.1, -0.05) is 0 Å². The van der Waals surface area contributed by atoms with Gasteiger partial charge < -0.3 is 5.11 Å². The van der Waals surface area contributed by atoms with Crippen LogP contribution in [0.15, 0.2) is 12.4 Å². The number of aromatic nitrogens is 2. The van der Waals surface area contributed by atoms with Gasteiger partial charge in [0.15, 0.2) is 6.29 Å². The van der Waals surface area contributed by atoms with E-state index in [2.05, 4.69) is 5.10 Å². The first-order chi connectivity index (χ1) is 7.70. The molecule has 1 aromatic rings. The van der Waals surface area contributed by atoms with Crippen LogP contribution in [0.2, 0.25) is 0 Å². The highest BCUT2D eigenvalue weighted by molar-refractivity contribution is 5.73. The van der Waals surface area contributed by atoms with E-state index in [-0.39, 0.29) is 12.0 Å². The summed E-state index contributed by atoms with van der Waals surface area (Å²) in [5.74, 6) is -0.912.